The third-order valence-corrected chi connectivity index (χ3v) is 5.13. The molecule has 136 valence electrons. The molecule has 0 spiro atoms. The minimum Gasteiger partial charge on any atom is -0.490 e. The molecule has 2 aliphatic heterocycles. The summed E-state index contributed by atoms with van der Waals surface area (Å²) in [6.45, 7) is 2.61. The first-order chi connectivity index (χ1) is 12.1. The number of nitrogens with zero attached hydrogens (tertiary/aromatic N) is 3. The summed E-state index contributed by atoms with van der Waals surface area (Å²) >= 11 is 0. The highest BCUT2D eigenvalue weighted by Gasteiger charge is 2.26. The zero-order valence-corrected chi connectivity index (χ0v) is 15.1. The third-order valence-electron chi connectivity index (χ3n) is 5.13. The lowest BCUT2D eigenvalue weighted by Gasteiger charge is -2.35. The third kappa shape index (κ3) is 4.12. The second kappa shape index (κ2) is 7.87. The summed E-state index contributed by atoms with van der Waals surface area (Å²) in [5, 5.41) is 0. The highest BCUT2D eigenvalue weighted by atomic mass is 16.5. The molecule has 3 rings (SSSR count). The topological polar surface area (TPSA) is 53.1 Å². The average molecular weight is 345 g/mol. The van der Waals surface area contributed by atoms with Crippen LogP contribution >= 0.6 is 0 Å². The van der Waals surface area contributed by atoms with Crippen molar-refractivity contribution >= 4 is 17.5 Å². The molecule has 0 aromatic heterocycles. The van der Waals surface area contributed by atoms with Gasteiger partial charge in [0.1, 0.15) is 12.4 Å². The fraction of sp³-hybridized carbons (Fsp3) is 0.579. The van der Waals surface area contributed by atoms with E-state index in [1.807, 2.05) is 29.2 Å². The maximum atomic E-state index is 12.6. The van der Waals surface area contributed by atoms with Gasteiger partial charge in [-0.05, 0) is 39.1 Å². The molecular weight excluding hydrogens is 318 g/mol. The maximum Gasteiger partial charge on any atom is 0.227 e. The lowest BCUT2D eigenvalue weighted by molar-refractivity contribution is -0.134. The second-order valence-electron chi connectivity index (χ2n) is 6.94. The first-order valence-corrected chi connectivity index (χ1v) is 9.02. The number of carbonyl (C=O) groups excluding carboxylic acids is 2. The van der Waals surface area contributed by atoms with Crippen LogP contribution in [0, 0.1) is 0 Å². The SMILES string of the molecule is CN(C)C1CCN(C(=O)CCC(=O)N2CCOc3ccccc32)CC1. The zero-order valence-electron chi connectivity index (χ0n) is 15.1. The number of carbonyl (C=O) groups is 2. The largest absolute Gasteiger partial charge is 0.490 e. The van der Waals surface area contributed by atoms with Crippen LogP contribution in [-0.4, -0.2) is 68.0 Å². The number of likely N-dealkylation sites (tertiary alicyclic amines) is 1. The molecule has 2 amide bonds. The van der Waals surface area contributed by atoms with Crippen LogP contribution < -0.4 is 9.64 Å². The highest BCUT2D eigenvalue weighted by Crippen LogP contribution is 2.31. The first kappa shape index (κ1) is 17.7. The number of ether oxygens (including phenoxy) is 1. The summed E-state index contributed by atoms with van der Waals surface area (Å²) in [5.74, 6) is 0.818. The molecule has 0 saturated carbocycles. The minimum absolute atomic E-state index is 0.00715. The van der Waals surface area contributed by atoms with Gasteiger partial charge < -0.3 is 19.4 Å². The van der Waals surface area contributed by atoms with Crippen LogP contribution in [-0.2, 0) is 9.59 Å². The van der Waals surface area contributed by atoms with Crippen molar-refractivity contribution in [3.05, 3.63) is 24.3 Å². The normalized spacial score (nSPS) is 18.0. The molecule has 2 aliphatic rings. The Hall–Kier alpha value is -2.08. The number of anilines is 1. The Kier molecular flexibility index (Phi) is 5.58. The zero-order chi connectivity index (χ0) is 17.8. The van der Waals surface area contributed by atoms with Crippen molar-refractivity contribution in [3.63, 3.8) is 0 Å². The Balaban J connectivity index is 1.51. The molecule has 0 atom stereocenters. The number of hydrogen-bond acceptors (Lipinski definition) is 4. The predicted octanol–water partition coefficient (Wildman–Crippen LogP) is 1.74. The van der Waals surface area contributed by atoms with Crippen LogP contribution in [0.2, 0.25) is 0 Å². The van der Waals surface area contributed by atoms with E-state index in [1.54, 1.807) is 4.90 Å². The number of rotatable bonds is 4. The van der Waals surface area contributed by atoms with Gasteiger partial charge in [0, 0.05) is 32.0 Å². The van der Waals surface area contributed by atoms with Gasteiger partial charge in [-0.3, -0.25) is 9.59 Å². The van der Waals surface area contributed by atoms with Gasteiger partial charge in [0.25, 0.3) is 0 Å². The molecule has 0 aliphatic carbocycles. The fourth-order valence-corrected chi connectivity index (χ4v) is 3.57. The van der Waals surface area contributed by atoms with E-state index in [0.29, 0.717) is 19.2 Å². The van der Waals surface area contributed by atoms with E-state index in [-0.39, 0.29) is 24.7 Å². The molecule has 6 nitrogen and oxygen atoms in total. The van der Waals surface area contributed by atoms with Crippen LogP contribution in [0.4, 0.5) is 5.69 Å². The van der Waals surface area contributed by atoms with Crippen LogP contribution in [0.15, 0.2) is 24.3 Å². The van der Waals surface area contributed by atoms with E-state index in [1.165, 1.54) is 0 Å². The molecule has 0 unspecified atom stereocenters. The van der Waals surface area contributed by atoms with Crippen LogP contribution in [0.3, 0.4) is 0 Å². The molecule has 0 radical (unpaired) electrons. The number of amides is 2. The molecule has 1 saturated heterocycles. The van der Waals surface area contributed by atoms with Gasteiger partial charge in [0.2, 0.25) is 11.8 Å². The quantitative estimate of drug-likeness (QED) is 0.834. The smallest absolute Gasteiger partial charge is 0.227 e. The van der Waals surface area contributed by atoms with Crippen LogP contribution in [0.1, 0.15) is 25.7 Å². The monoisotopic (exact) mass is 345 g/mol. The molecule has 1 aromatic rings. The van der Waals surface area contributed by atoms with Crippen molar-refractivity contribution in [2.45, 2.75) is 31.7 Å². The van der Waals surface area contributed by atoms with Crippen molar-refractivity contribution in [1.29, 1.82) is 0 Å². The van der Waals surface area contributed by atoms with Gasteiger partial charge in [-0.1, -0.05) is 12.1 Å². The Labute approximate surface area is 149 Å². The number of hydrogen-bond donors (Lipinski definition) is 0. The molecule has 1 aromatic carbocycles. The van der Waals surface area contributed by atoms with Crippen molar-refractivity contribution in [2.24, 2.45) is 0 Å². The molecule has 0 bridgehead atoms. The number of benzene rings is 1. The average Bonchev–Trinajstić information content (AvgIpc) is 2.65. The maximum absolute atomic E-state index is 12.6. The van der Waals surface area contributed by atoms with Crippen LogP contribution in [0.25, 0.3) is 0 Å². The number of piperidine rings is 1. The molecule has 25 heavy (non-hydrogen) atoms. The Morgan fingerprint density at radius 3 is 2.48 bits per heavy atom. The van der Waals surface area contributed by atoms with Crippen molar-refractivity contribution in [1.82, 2.24) is 9.80 Å². The van der Waals surface area contributed by atoms with E-state index < -0.39 is 0 Å². The van der Waals surface area contributed by atoms with Gasteiger partial charge in [-0.15, -0.1) is 0 Å². The second-order valence-corrected chi connectivity index (χ2v) is 6.94. The van der Waals surface area contributed by atoms with E-state index in [2.05, 4.69) is 19.0 Å². The number of fused-ring (bicyclic) bond motifs is 1. The Morgan fingerprint density at radius 1 is 1.08 bits per heavy atom. The van der Waals surface area contributed by atoms with E-state index in [4.69, 9.17) is 4.74 Å². The minimum atomic E-state index is -0.00715. The Bertz CT molecular complexity index is 624. The van der Waals surface area contributed by atoms with Crippen molar-refractivity contribution in [2.75, 3.05) is 45.2 Å². The summed E-state index contributed by atoms with van der Waals surface area (Å²) in [6, 6.07) is 8.10. The fourth-order valence-electron chi connectivity index (χ4n) is 3.57. The molecule has 6 heteroatoms. The summed E-state index contributed by atoms with van der Waals surface area (Å²) in [5.41, 5.74) is 0.804. The van der Waals surface area contributed by atoms with Crippen molar-refractivity contribution < 1.29 is 14.3 Å². The molecular formula is C19H27N3O3. The lowest BCUT2D eigenvalue weighted by atomic mass is 10.0. The van der Waals surface area contributed by atoms with Gasteiger partial charge in [-0.2, -0.15) is 0 Å². The van der Waals surface area contributed by atoms with Gasteiger partial charge in [0.05, 0.1) is 12.2 Å². The summed E-state index contributed by atoms with van der Waals surface area (Å²) in [6.07, 6.45) is 2.54. The van der Waals surface area contributed by atoms with Gasteiger partial charge in [-0.25, -0.2) is 0 Å². The standard InChI is InChI=1S/C19H27N3O3/c1-20(2)15-9-11-21(12-10-15)18(23)7-8-19(24)22-13-14-25-17-6-4-3-5-16(17)22/h3-6,15H,7-14H2,1-2H3. The first-order valence-electron chi connectivity index (χ1n) is 9.02. The molecule has 0 N–H and O–H groups in total. The predicted molar refractivity (Wildman–Crippen MR) is 96.8 cm³/mol. The highest BCUT2D eigenvalue weighted by molar-refractivity contribution is 5.97. The van der Waals surface area contributed by atoms with Gasteiger partial charge >= 0.3 is 0 Å². The lowest BCUT2D eigenvalue weighted by Crippen LogP contribution is -2.45. The summed E-state index contributed by atoms with van der Waals surface area (Å²) in [4.78, 5) is 30.9. The summed E-state index contributed by atoms with van der Waals surface area (Å²) < 4.78 is 5.58. The molecule has 1 fully saturated rings. The molecule has 2 heterocycles. The number of para-hydroxylation sites is 2. The Morgan fingerprint density at radius 2 is 1.76 bits per heavy atom. The van der Waals surface area contributed by atoms with E-state index >= 15 is 0 Å². The summed E-state index contributed by atoms with van der Waals surface area (Å²) in [7, 11) is 4.17. The van der Waals surface area contributed by atoms with Crippen molar-refractivity contribution in [3.8, 4) is 5.75 Å². The van der Waals surface area contributed by atoms with E-state index in [9.17, 15) is 9.59 Å². The van der Waals surface area contributed by atoms with Gasteiger partial charge in [0.15, 0.2) is 0 Å². The van der Waals surface area contributed by atoms with Crippen LogP contribution in [0.5, 0.6) is 5.75 Å². The van der Waals surface area contributed by atoms with E-state index in [0.717, 1.165) is 37.4 Å².